The maximum absolute atomic E-state index is 12.3. The van der Waals surface area contributed by atoms with Crippen LogP contribution >= 0.6 is 0 Å². The van der Waals surface area contributed by atoms with E-state index < -0.39 is 10.0 Å². The minimum absolute atomic E-state index is 0.225. The molecule has 1 fully saturated rings. The molecule has 1 rings (SSSR count). The summed E-state index contributed by atoms with van der Waals surface area (Å²) >= 11 is 0. The third-order valence-corrected chi connectivity index (χ3v) is 4.71. The number of sulfonamides is 1. The van der Waals surface area contributed by atoms with Crippen LogP contribution in [0.5, 0.6) is 0 Å². The van der Waals surface area contributed by atoms with Crippen LogP contribution in [0.25, 0.3) is 0 Å². The average Bonchev–Trinajstić information content (AvgIpc) is 2.99. The van der Waals surface area contributed by atoms with E-state index in [1.54, 1.807) is 4.31 Å². The first-order valence-electron chi connectivity index (χ1n) is 7.02. The van der Waals surface area contributed by atoms with Crippen molar-refractivity contribution in [1.29, 1.82) is 0 Å². The Bertz CT molecular complexity index is 325. The van der Waals surface area contributed by atoms with Crippen molar-refractivity contribution in [2.45, 2.75) is 46.6 Å². The van der Waals surface area contributed by atoms with Gasteiger partial charge in [-0.05, 0) is 24.7 Å². The van der Waals surface area contributed by atoms with Gasteiger partial charge in [-0.25, -0.2) is 12.7 Å². The quantitative estimate of drug-likeness (QED) is 0.697. The average molecular weight is 276 g/mol. The summed E-state index contributed by atoms with van der Waals surface area (Å²) in [5.74, 6) is 0.966. The summed E-state index contributed by atoms with van der Waals surface area (Å²) in [7, 11) is -3.11. The highest BCUT2D eigenvalue weighted by Gasteiger charge is 2.25. The van der Waals surface area contributed by atoms with Crippen molar-refractivity contribution >= 4 is 10.0 Å². The fourth-order valence-corrected chi connectivity index (χ4v) is 3.61. The molecule has 1 saturated carbocycles. The molecule has 0 aliphatic heterocycles. The monoisotopic (exact) mass is 276 g/mol. The molecule has 0 aromatic rings. The third kappa shape index (κ3) is 6.16. The summed E-state index contributed by atoms with van der Waals surface area (Å²) in [6, 6.07) is 0.573. The SMILES string of the molecule is CC(C)CN(CC(C)C)S(=O)(=O)CCNC1CC1. The van der Waals surface area contributed by atoms with E-state index in [2.05, 4.69) is 33.0 Å². The normalized spacial score (nSPS) is 17.1. The second-order valence-corrected chi connectivity index (χ2v) is 8.24. The molecule has 0 heterocycles. The van der Waals surface area contributed by atoms with Crippen molar-refractivity contribution < 1.29 is 8.42 Å². The van der Waals surface area contributed by atoms with Gasteiger partial charge in [-0.15, -0.1) is 0 Å². The van der Waals surface area contributed by atoms with E-state index >= 15 is 0 Å². The van der Waals surface area contributed by atoms with Crippen molar-refractivity contribution in [1.82, 2.24) is 9.62 Å². The molecule has 0 bridgehead atoms. The molecule has 1 aliphatic carbocycles. The summed E-state index contributed by atoms with van der Waals surface area (Å²) in [6.07, 6.45) is 2.39. The minimum Gasteiger partial charge on any atom is -0.313 e. The number of nitrogens with one attached hydrogen (secondary N) is 1. The lowest BCUT2D eigenvalue weighted by Crippen LogP contribution is -2.40. The molecule has 0 saturated heterocycles. The summed E-state index contributed by atoms with van der Waals surface area (Å²) in [6.45, 7) is 10.1. The first kappa shape index (κ1) is 15.9. The van der Waals surface area contributed by atoms with Gasteiger partial charge in [-0.3, -0.25) is 0 Å². The van der Waals surface area contributed by atoms with E-state index in [0.29, 0.717) is 37.5 Å². The zero-order valence-electron chi connectivity index (χ0n) is 12.1. The Morgan fingerprint density at radius 3 is 2.00 bits per heavy atom. The number of hydrogen-bond acceptors (Lipinski definition) is 3. The van der Waals surface area contributed by atoms with Crippen molar-refractivity contribution in [3.8, 4) is 0 Å². The predicted octanol–water partition coefficient (Wildman–Crippen LogP) is 1.68. The Labute approximate surface area is 112 Å². The van der Waals surface area contributed by atoms with Crippen LogP contribution in [-0.2, 0) is 10.0 Å². The molecule has 0 spiro atoms. The minimum atomic E-state index is -3.11. The first-order chi connectivity index (χ1) is 8.31. The lowest BCUT2D eigenvalue weighted by Gasteiger charge is -2.25. The molecule has 4 nitrogen and oxygen atoms in total. The van der Waals surface area contributed by atoms with Gasteiger partial charge in [0.25, 0.3) is 0 Å². The largest absolute Gasteiger partial charge is 0.313 e. The van der Waals surface area contributed by atoms with Crippen LogP contribution in [0.2, 0.25) is 0 Å². The summed E-state index contributed by atoms with van der Waals surface area (Å²) < 4.78 is 26.2. The Morgan fingerprint density at radius 2 is 1.61 bits per heavy atom. The molecular formula is C13H28N2O2S. The van der Waals surface area contributed by atoms with Crippen LogP contribution < -0.4 is 5.32 Å². The van der Waals surface area contributed by atoms with Gasteiger partial charge >= 0.3 is 0 Å². The highest BCUT2D eigenvalue weighted by atomic mass is 32.2. The molecule has 0 atom stereocenters. The van der Waals surface area contributed by atoms with Crippen molar-refractivity contribution in [2.75, 3.05) is 25.4 Å². The van der Waals surface area contributed by atoms with E-state index in [1.807, 2.05) is 0 Å². The molecule has 0 unspecified atom stereocenters. The third-order valence-electron chi connectivity index (χ3n) is 2.90. The molecule has 0 radical (unpaired) electrons. The molecule has 0 aromatic carbocycles. The lowest BCUT2D eigenvalue weighted by atomic mass is 10.2. The highest BCUT2D eigenvalue weighted by Crippen LogP contribution is 2.18. The summed E-state index contributed by atoms with van der Waals surface area (Å²) in [4.78, 5) is 0. The first-order valence-corrected chi connectivity index (χ1v) is 8.63. The maximum Gasteiger partial charge on any atom is 0.215 e. The van der Waals surface area contributed by atoms with Crippen LogP contribution in [0.15, 0.2) is 0 Å². The van der Waals surface area contributed by atoms with E-state index in [-0.39, 0.29) is 5.75 Å². The number of rotatable bonds is 9. The van der Waals surface area contributed by atoms with Gasteiger partial charge < -0.3 is 5.32 Å². The molecule has 1 aliphatic rings. The van der Waals surface area contributed by atoms with Gasteiger partial charge in [0.1, 0.15) is 0 Å². The summed E-state index contributed by atoms with van der Waals surface area (Å²) in [5, 5.41) is 3.27. The van der Waals surface area contributed by atoms with E-state index in [9.17, 15) is 8.42 Å². The Hall–Kier alpha value is -0.130. The fraction of sp³-hybridized carbons (Fsp3) is 1.00. The molecule has 1 N–H and O–H groups in total. The van der Waals surface area contributed by atoms with Crippen LogP contribution in [0.1, 0.15) is 40.5 Å². The Morgan fingerprint density at radius 1 is 1.11 bits per heavy atom. The van der Waals surface area contributed by atoms with Crippen molar-refractivity contribution in [3.63, 3.8) is 0 Å². The van der Waals surface area contributed by atoms with Gasteiger partial charge in [0.15, 0.2) is 0 Å². The lowest BCUT2D eigenvalue weighted by molar-refractivity contribution is 0.333. The second kappa shape index (κ2) is 6.87. The van der Waals surface area contributed by atoms with E-state index in [4.69, 9.17) is 0 Å². The second-order valence-electron chi connectivity index (χ2n) is 6.15. The maximum atomic E-state index is 12.3. The molecular weight excluding hydrogens is 248 g/mol. The fourth-order valence-electron chi connectivity index (χ4n) is 1.92. The Balaban J connectivity index is 2.49. The van der Waals surface area contributed by atoms with Crippen LogP contribution in [0.4, 0.5) is 0 Å². The Kier molecular flexibility index (Phi) is 6.08. The molecule has 108 valence electrons. The standard InChI is InChI=1S/C13H28N2O2S/c1-11(2)9-15(10-12(3)4)18(16,17)8-7-14-13-5-6-13/h11-14H,5-10H2,1-4H3. The van der Waals surface area contributed by atoms with Crippen LogP contribution in [0.3, 0.4) is 0 Å². The van der Waals surface area contributed by atoms with Gasteiger partial charge in [-0.1, -0.05) is 27.7 Å². The van der Waals surface area contributed by atoms with Crippen molar-refractivity contribution in [2.24, 2.45) is 11.8 Å². The molecule has 0 aromatic heterocycles. The van der Waals surface area contributed by atoms with E-state index in [0.717, 1.165) is 0 Å². The molecule has 5 heteroatoms. The number of hydrogen-bond donors (Lipinski definition) is 1. The van der Waals surface area contributed by atoms with Gasteiger partial charge in [0.2, 0.25) is 10.0 Å². The number of nitrogens with zero attached hydrogens (tertiary/aromatic N) is 1. The predicted molar refractivity (Wildman–Crippen MR) is 76.1 cm³/mol. The van der Waals surface area contributed by atoms with Gasteiger partial charge in [0, 0.05) is 25.7 Å². The molecule has 0 amide bonds. The van der Waals surface area contributed by atoms with Gasteiger partial charge in [-0.2, -0.15) is 0 Å². The zero-order valence-corrected chi connectivity index (χ0v) is 13.0. The van der Waals surface area contributed by atoms with Crippen molar-refractivity contribution in [3.05, 3.63) is 0 Å². The summed E-state index contributed by atoms with van der Waals surface area (Å²) in [5.41, 5.74) is 0. The highest BCUT2D eigenvalue weighted by molar-refractivity contribution is 7.89. The van der Waals surface area contributed by atoms with Crippen LogP contribution in [-0.4, -0.2) is 44.2 Å². The smallest absolute Gasteiger partial charge is 0.215 e. The topological polar surface area (TPSA) is 49.4 Å². The molecule has 18 heavy (non-hydrogen) atoms. The van der Waals surface area contributed by atoms with Crippen LogP contribution in [0, 0.1) is 11.8 Å². The van der Waals surface area contributed by atoms with E-state index in [1.165, 1.54) is 12.8 Å². The zero-order chi connectivity index (χ0) is 13.8. The van der Waals surface area contributed by atoms with Gasteiger partial charge in [0.05, 0.1) is 5.75 Å².